The van der Waals surface area contributed by atoms with Crippen molar-refractivity contribution >= 4 is 35.5 Å². The van der Waals surface area contributed by atoms with Crippen LogP contribution in [0.4, 0.5) is 21.0 Å². The third-order valence-corrected chi connectivity index (χ3v) is 6.47. The second-order valence-electron chi connectivity index (χ2n) is 10.1. The number of unbranched alkanes of at least 4 members (excludes halogenated alkanes) is 10. The van der Waals surface area contributed by atoms with Crippen LogP contribution in [0.15, 0.2) is 36.4 Å². The average Bonchev–Trinajstić information content (AvgIpc) is 2.98. The number of carbonyl (C=O) groups is 4. The number of carboxylic acid groups (broad SMARTS) is 2. The van der Waals surface area contributed by atoms with Crippen molar-refractivity contribution in [2.45, 2.75) is 90.9 Å². The molecular weight excluding hydrogens is 638 g/mol. The fourth-order valence-corrected chi connectivity index (χ4v) is 4.02. The molecule has 12 nitrogen and oxygen atoms in total. The summed E-state index contributed by atoms with van der Waals surface area (Å²) in [4.78, 5) is 44.9. The molecule has 0 aliphatic rings. The van der Waals surface area contributed by atoms with Gasteiger partial charge in [0.25, 0.3) is 0 Å². The van der Waals surface area contributed by atoms with Gasteiger partial charge in [0.15, 0.2) is 11.5 Å². The Morgan fingerprint density at radius 3 is 1.24 bits per heavy atom. The van der Waals surface area contributed by atoms with Crippen molar-refractivity contribution in [1.82, 2.24) is 0 Å². The monoisotopic (exact) mass is 682 g/mol. The van der Waals surface area contributed by atoms with Crippen LogP contribution >= 0.6 is 0 Å². The number of hydrogen-bond donors (Lipinski definition) is 6. The first-order valence-electron chi connectivity index (χ1n) is 15.1. The number of hydrogen-bond acceptors (Lipinski definition) is 8. The second kappa shape index (κ2) is 24.5. The van der Waals surface area contributed by atoms with Gasteiger partial charge in [0, 0.05) is 19.5 Å². The van der Waals surface area contributed by atoms with E-state index in [9.17, 15) is 29.4 Å². The first kappa shape index (κ1) is 41.1. The van der Waals surface area contributed by atoms with Gasteiger partial charge < -0.3 is 29.9 Å². The number of carboxylic acids is 2. The topological polar surface area (TPSA) is 192 Å². The summed E-state index contributed by atoms with van der Waals surface area (Å²) in [7, 11) is 0. The molecule has 0 radical (unpaired) electrons. The molecule has 0 aromatic heterocycles. The standard InChI is InChI=1S/2C16H23NO5.Zn/c2*1-2-3-4-5-6-7-11-22-16(21)17-13-10-8-9-12(14(13)18)15(19)20;/h2*8-10,18H,2-7,11H2,1H3,(H,17,21)(H,19,20);. The second-order valence-corrected chi connectivity index (χ2v) is 10.1. The molecule has 0 unspecified atom stereocenters. The van der Waals surface area contributed by atoms with Crippen molar-refractivity contribution in [3.05, 3.63) is 47.5 Å². The molecule has 0 spiro atoms. The van der Waals surface area contributed by atoms with E-state index in [2.05, 4.69) is 24.5 Å². The molecule has 0 saturated carbocycles. The van der Waals surface area contributed by atoms with E-state index in [1.54, 1.807) is 0 Å². The Kier molecular flexibility index (Phi) is 22.4. The van der Waals surface area contributed by atoms with Gasteiger partial charge in [0.1, 0.15) is 11.1 Å². The number of rotatable bonds is 18. The van der Waals surface area contributed by atoms with E-state index in [-0.39, 0.29) is 42.0 Å². The van der Waals surface area contributed by atoms with Gasteiger partial charge in [-0.1, -0.05) is 90.2 Å². The summed E-state index contributed by atoms with van der Waals surface area (Å²) in [6.07, 6.45) is 11.7. The molecule has 0 saturated heterocycles. The van der Waals surface area contributed by atoms with E-state index < -0.39 is 35.6 Å². The van der Waals surface area contributed by atoms with Crippen molar-refractivity contribution in [3.63, 3.8) is 0 Å². The quantitative estimate of drug-likeness (QED) is 0.0509. The van der Waals surface area contributed by atoms with Crippen LogP contribution in [0.2, 0.25) is 0 Å². The van der Waals surface area contributed by atoms with Crippen molar-refractivity contribution in [3.8, 4) is 11.5 Å². The molecule has 2 aromatic rings. The molecule has 0 bridgehead atoms. The van der Waals surface area contributed by atoms with Gasteiger partial charge in [0.2, 0.25) is 0 Å². The molecule has 0 aliphatic carbocycles. The Labute approximate surface area is 277 Å². The van der Waals surface area contributed by atoms with E-state index >= 15 is 0 Å². The van der Waals surface area contributed by atoms with Crippen molar-refractivity contribution in [2.24, 2.45) is 0 Å². The smallest absolute Gasteiger partial charge is 0.411 e. The van der Waals surface area contributed by atoms with Crippen LogP contribution in [-0.4, -0.2) is 57.8 Å². The zero-order valence-electron chi connectivity index (χ0n) is 26.3. The third-order valence-electron chi connectivity index (χ3n) is 6.47. The number of benzene rings is 2. The maximum absolute atomic E-state index is 11.6. The molecule has 0 atom stereocenters. The first-order valence-corrected chi connectivity index (χ1v) is 15.1. The summed E-state index contributed by atoms with van der Waals surface area (Å²) < 4.78 is 10.00. The Morgan fingerprint density at radius 2 is 0.911 bits per heavy atom. The first-order chi connectivity index (χ1) is 21.1. The minimum Gasteiger partial charge on any atom is -0.505 e. The van der Waals surface area contributed by atoms with Gasteiger partial charge >= 0.3 is 24.1 Å². The van der Waals surface area contributed by atoms with Gasteiger partial charge in [-0.3, -0.25) is 10.6 Å². The molecule has 2 rings (SSSR count). The molecule has 0 heterocycles. The Bertz CT molecular complexity index is 1100. The predicted octanol–water partition coefficient (Wildman–Crippen LogP) is 8.00. The van der Waals surface area contributed by atoms with Crippen LogP contribution < -0.4 is 10.6 Å². The number of ether oxygens (including phenoxy) is 2. The molecule has 6 N–H and O–H groups in total. The predicted molar refractivity (Wildman–Crippen MR) is 167 cm³/mol. The minimum atomic E-state index is -1.26. The number of amides is 2. The largest absolute Gasteiger partial charge is 0.505 e. The SMILES string of the molecule is CCCCCCCCOC(=O)Nc1cccc(C(=O)O)c1O.CCCCCCCCOC(=O)Nc1cccc(C(=O)O)c1O.[Zn]. The Morgan fingerprint density at radius 1 is 0.578 bits per heavy atom. The zero-order valence-corrected chi connectivity index (χ0v) is 29.3. The van der Waals surface area contributed by atoms with Gasteiger partial charge in [-0.25, -0.2) is 19.2 Å². The van der Waals surface area contributed by atoms with E-state index in [1.165, 1.54) is 74.9 Å². The maximum atomic E-state index is 11.6. The Hall–Kier alpha value is -3.86. The van der Waals surface area contributed by atoms with Crippen molar-refractivity contribution in [2.75, 3.05) is 23.8 Å². The minimum absolute atomic E-state index is 0. The number of aromatic carboxylic acids is 2. The number of aromatic hydroxyl groups is 2. The molecular formula is C32H46N2O10Zn. The summed E-state index contributed by atoms with van der Waals surface area (Å²) in [6, 6.07) is 8.20. The van der Waals surface area contributed by atoms with E-state index in [1.807, 2.05) is 0 Å². The van der Waals surface area contributed by atoms with Gasteiger partial charge in [-0.15, -0.1) is 0 Å². The fourth-order valence-electron chi connectivity index (χ4n) is 4.02. The summed E-state index contributed by atoms with van der Waals surface area (Å²) >= 11 is 0. The number of carbonyl (C=O) groups excluding carboxylic acids is 2. The van der Waals surface area contributed by atoms with Gasteiger partial charge in [0.05, 0.1) is 24.6 Å². The zero-order chi connectivity index (χ0) is 32.7. The number of nitrogens with one attached hydrogen (secondary N) is 2. The molecule has 0 aliphatic heterocycles. The summed E-state index contributed by atoms with van der Waals surface area (Å²) in [5.41, 5.74) is -0.497. The summed E-state index contributed by atoms with van der Waals surface area (Å²) in [5, 5.41) is 41.9. The van der Waals surface area contributed by atoms with Crippen LogP contribution in [0.3, 0.4) is 0 Å². The van der Waals surface area contributed by atoms with E-state index in [4.69, 9.17) is 19.7 Å². The molecule has 0 fully saturated rings. The van der Waals surface area contributed by atoms with E-state index in [0.717, 1.165) is 38.5 Å². The fraction of sp³-hybridized carbons (Fsp3) is 0.500. The van der Waals surface area contributed by atoms with E-state index in [0.29, 0.717) is 13.2 Å². The van der Waals surface area contributed by atoms with Crippen LogP contribution in [-0.2, 0) is 29.0 Å². The third kappa shape index (κ3) is 17.3. The van der Waals surface area contributed by atoms with Crippen LogP contribution in [0.25, 0.3) is 0 Å². The number of para-hydroxylation sites is 2. The maximum Gasteiger partial charge on any atom is 0.411 e. The average molecular weight is 684 g/mol. The number of phenols is 2. The molecule has 2 amide bonds. The summed E-state index contributed by atoms with van der Waals surface area (Å²) in [6.45, 7) is 4.92. The van der Waals surface area contributed by atoms with Gasteiger partial charge in [-0.2, -0.15) is 0 Å². The summed E-state index contributed by atoms with van der Waals surface area (Å²) in [5.74, 6) is -3.48. The normalized spacial score (nSPS) is 10.0. The molecule has 13 heteroatoms. The van der Waals surface area contributed by atoms with Crippen LogP contribution in [0.5, 0.6) is 11.5 Å². The van der Waals surface area contributed by atoms with Crippen molar-refractivity contribution < 1.29 is 68.6 Å². The van der Waals surface area contributed by atoms with Gasteiger partial charge in [-0.05, 0) is 37.1 Å². The Balaban J connectivity index is 0.000000842. The van der Waals surface area contributed by atoms with Crippen LogP contribution in [0, 0.1) is 0 Å². The van der Waals surface area contributed by atoms with Crippen molar-refractivity contribution in [1.29, 1.82) is 0 Å². The van der Waals surface area contributed by atoms with Crippen LogP contribution in [0.1, 0.15) is 112 Å². The molecule has 45 heavy (non-hydrogen) atoms. The number of anilines is 2. The molecule has 246 valence electrons. The molecule has 2 aromatic carbocycles.